The third kappa shape index (κ3) is 3.39. The van der Waals surface area contributed by atoms with Gasteiger partial charge in [0.2, 0.25) is 5.91 Å². The van der Waals surface area contributed by atoms with E-state index in [0.717, 1.165) is 52.5 Å². The molecule has 2 aromatic carbocycles. The Labute approximate surface area is 185 Å². The summed E-state index contributed by atoms with van der Waals surface area (Å²) in [5.74, 6) is 0.798. The molecule has 1 saturated carbocycles. The van der Waals surface area contributed by atoms with E-state index in [-0.39, 0.29) is 23.8 Å². The molecule has 2 amide bonds. The number of benzene rings is 2. The number of pyridine rings is 1. The highest BCUT2D eigenvalue weighted by atomic mass is 16.2. The van der Waals surface area contributed by atoms with Crippen LogP contribution in [0.1, 0.15) is 35.7 Å². The van der Waals surface area contributed by atoms with Crippen molar-refractivity contribution < 1.29 is 9.59 Å². The summed E-state index contributed by atoms with van der Waals surface area (Å²) in [5, 5.41) is 7.65. The van der Waals surface area contributed by atoms with Crippen LogP contribution in [0, 0.1) is 5.92 Å². The minimum absolute atomic E-state index is 0.0138. The summed E-state index contributed by atoms with van der Waals surface area (Å²) < 4.78 is 2.23. The van der Waals surface area contributed by atoms with Gasteiger partial charge in [0.15, 0.2) is 0 Å². The molecule has 1 aliphatic rings. The van der Waals surface area contributed by atoms with Gasteiger partial charge in [-0.05, 0) is 55.0 Å². The fourth-order valence-corrected chi connectivity index (χ4v) is 4.81. The van der Waals surface area contributed by atoms with Gasteiger partial charge < -0.3 is 15.2 Å². The van der Waals surface area contributed by atoms with Crippen molar-refractivity contribution in [2.75, 3.05) is 14.1 Å². The Kier molecular flexibility index (Phi) is 5.09. The zero-order valence-electron chi connectivity index (χ0n) is 18.1. The Morgan fingerprint density at radius 3 is 2.69 bits per heavy atom. The number of imidazole rings is 1. The van der Waals surface area contributed by atoms with E-state index in [4.69, 9.17) is 4.98 Å². The molecule has 5 rings (SSSR count). The van der Waals surface area contributed by atoms with Crippen LogP contribution in [0.4, 0.5) is 0 Å². The summed E-state index contributed by atoms with van der Waals surface area (Å²) in [5.41, 5.74) is 3.35. The fraction of sp³-hybridized carbons (Fsp3) is 0.280. The van der Waals surface area contributed by atoms with Crippen molar-refractivity contribution in [3.8, 4) is 11.4 Å². The summed E-state index contributed by atoms with van der Waals surface area (Å²) in [6, 6.07) is 14.0. The van der Waals surface area contributed by atoms with Gasteiger partial charge in [0.05, 0.1) is 11.0 Å². The molecule has 2 unspecified atom stereocenters. The average Bonchev–Trinajstić information content (AvgIpc) is 3.47. The monoisotopic (exact) mass is 427 g/mol. The van der Waals surface area contributed by atoms with Crippen molar-refractivity contribution in [1.82, 2.24) is 25.2 Å². The first-order valence-corrected chi connectivity index (χ1v) is 10.9. The standard InChI is InChI=1S/C25H25N5O2/c1-26-24(31)17-5-7-20(12-17)30-22-13-18(25(32)27-2)6-8-21(22)29-23(30)16-3-4-19-14-28-10-9-15(19)11-16/h3-4,6,8-11,13-14,17,20H,5,7,12H2,1-2H3,(H,26,31)(H,27,32). The number of carbonyl (C=O) groups is 2. The predicted octanol–water partition coefficient (Wildman–Crippen LogP) is 3.70. The maximum absolute atomic E-state index is 12.3. The van der Waals surface area contributed by atoms with E-state index in [2.05, 4.69) is 38.4 Å². The molecule has 2 N–H and O–H groups in total. The molecule has 4 aromatic rings. The highest BCUT2D eigenvalue weighted by Gasteiger charge is 2.33. The number of hydrogen-bond donors (Lipinski definition) is 2. The molecular weight excluding hydrogens is 402 g/mol. The van der Waals surface area contributed by atoms with Gasteiger partial charge in [-0.3, -0.25) is 14.6 Å². The Morgan fingerprint density at radius 1 is 1.00 bits per heavy atom. The van der Waals surface area contributed by atoms with Crippen LogP contribution in [0.3, 0.4) is 0 Å². The Morgan fingerprint density at radius 2 is 1.88 bits per heavy atom. The van der Waals surface area contributed by atoms with Crippen molar-refractivity contribution in [3.05, 3.63) is 60.4 Å². The maximum atomic E-state index is 12.3. The molecule has 162 valence electrons. The lowest BCUT2D eigenvalue weighted by Gasteiger charge is -2.18. The molecule has 1 aliphatic carbocycles. The summed E-state index contributed by atoms with van der Waals surface area (Å²) >= 11 is 0. The second-order valence-corrected chi connectivity index (χ2v) is 8.30. The number of carbonyl (C=O) groups excluding carboxylic acids is 2. The lowest BCUT2D eigenvalue weighted by molar-refractivity contribution is -0.124. The molecule has 0 spiro atoms. The zero-order valence-corrected chi connectivity index (χ0v) is 18.1. The Bertz CT molecular complexity index is 1340. The largest absolute Gasteiger partial charge is 0.359 e. The summed E-state index contributed by atoms with van der Waals surface area (Å²) in [6.45, 7) is 0. The number of fused-ring (bicyclic) bond motifs is 2. The number of aromatic nitrogens is 3. The highest BCUT2D eigenvalue weighted by Crippen LogP contribution is 2.40. The van der Waals surface area contributed by atoms with Gasteiger partial charge >= 0.3 is 0 Å². The molecule has 32 heavy (non-hydrogen) atoms. The summed E-state index contributed by atoms with van der Waals surface area (Å²) in [7, 11) is 3.32. The van der Waals surface area contributed by atoms with E-state index in [9.17, 15) is 9.59 Å². The van der Waals surface area contributed by atoms with E-state index < -0.39 is 0 Å². The zero-order chi connectivity index (χ0) is 22.2. The maximum Gasteiger partial charge on any atom is 0.251 e. The molecular formula is C25H25N5O2. The van der Waals surface area contributed by atoms with Crippen LogP contribution < -0.4 is 10.6 Å². The van der Waals surface area contributed by atoms with E-state index in [1.54, 1.807) is 26.4 Å². The van der Waals surface area contributed by atoms with E-state index in [1.807, 2.05) is 24.4 Å². The number of rotatable bonds is 4. The third-order valence-corrected chi connectivity index (χ3v) is 6.46. The van der Waals surface area contributed by atoms with Crippen molar-refractivity contribution in [2.45, 2.75) is 25.3 Å². The minimum Gasteiger partial charge on any atom is -0.359 e. The lowest BCUT2D eigenvalue weighted by atomic mass is 10.1. The van der Waals surface area contributed by atoms with Gasteiger partial charge in [-0.25, -0.2) is 4.98 Å². The van der Waals surface area contributed by atoms with Crippen molar-refractivity contribution in [2.24, 2.45) is 5.92 Å². The molecule has 7 heteroatoms. The first-order chi connectivity index (χ1) is 15.6. The van der Waals surface area contributed by atoms with E-state index in [0.29, 0.717) is 5.56 Å². The van der Waals surface area contributed by atoms with Crippen LogP contribution in [0.25, 0.3) is 33.2 Å². The third-order valence-electron chi connectivity index (χ3n) is 6.46. The average molecular weight is 428 g/mol. The lowest BCUT2D eigenvalue weighted by Crippen LogP contribution is -2.25. The SMILES string of the molecule is CNC(=O)c1ccc2nc(-c3ccc4cnccc4c3)n(C3CCC(C(=O)NC)C3)c2c1. The first-order valence-electron chi connectivity index (χ1n) is 10.9. The van der Waals surface area contributed by atoms with Crippen LogP contribution in [0.5, 0.6) is 0 Å². The molecule has 0 bridgehead atoms. The van der Waals surface area contributed by atoms with Crippen LogP contribution in [-0.4, -0.2) is 40.4 Å². The second-order valence-electron chi connectivity index (χ2n) is 8.30. The summed E-state index contributed by atoms with van der Waals surface area (Å²) in [6.07, 6.45) is 6.11. The first kappa shape index (κ1) is 20.2. The Hall–Kier alpha value is -3.74. The van der Waals surface area contributed by atoms with Crippen LogP contribution in [-0.2, 0) is 4.79 Å². The fourth-order valence-electron chi connectivity index (χ4n) is 4.81. The molecule has 2 heterocycles. The van der Waals surface area contributed by atoms with E-state index in [1.165, 1.54) is 0 Å². The van der Waals surface area contributed by atoms with Gasteiger partial charge in [-0.2, -0.15) is 0 Å². The van der Waals surface area contributed by atoms with Crippen molar-refractivity contribution in [3.63, 3.8) is 0 Å². The predicted molar refractivity (Wildman–Crippen MR) is 124 cm³/mol. The number of hydrogen-bond acceptors (Lipinski definition) is 4. The molecule has 7 nitrogen and oxygen atoms in total. The van der Waals surface area contributed by atoms with Gasteiger partial charge in [-0.1, -0.05) is 12.1 Å². The van der Waals surface area contributed by atoms with Crippen molar-refractivity contribution in [1.29, 1.82) is 0 Å². The minimum atomic E-state index is -0.130. The molecule has 2 atom stereocenters. The second kappa shape index (κ2) is 8.07. The quantitative estimate of drug-likeness (QED) is 0.520. The molecule has 0 radical (unpaired) electrons. The van der Waals surface area contributed by atoms with Crippen LogP contribution in [0.2, 0.25) is 0 Å². The molecule has 1 fully saturated rings. The number of amides is 2. The van der Waals surface area contributed by atoms with Gasteiger partial charge in [0.25, 0.3) is 5.91 Å². The highest BCUT2D eigenvalue weighted by molar-refractivity contribution is 5.98. The van der Waals surface area contributed by atoms with Crippen LogP contribution >= 0.6 is 0 Å². The van der Waals surface area contributed by atoms with Gasteiger partial charge in [-0.15, -0.1) is 0 Å². The van der Waals surface area contributed by atoms with Crippen molar-refractivity contribution >= 4 is 33.6 Å². The van der Waals surface area contributed by atoms with Gasteiger partial charge in [0, 0.05) is 55.0 Å². The van der Waals surface area contributed by atoms with E-state index >= 15 is 0 Å². The smallest absolute Gasteiger partial charge is 0.251 e. The van der Waals surface area contributed by atoms with Gasteiger partial charge in [0.1, 0.15) is 5.82 Å². The normalized spacial score (nSPS) is 18.2. The summed E-state index contributed by atoms with van der Waals surface area (Å²) in [4.78, 5) is 33.7. The molecule has 0 saturated heterocycles. The number of nitrogens with one attached hydrogen (secondary N) is 2. The topological polar surface area (TPSA) is 88.9 Å². The number of nitrogens with zero attached hydrogens (tertiary/aromatic N) is 3. The Balaban J connectivity index is 1.68. The molecule has 0 aliphatic heterocycles. The molecule has 2 aromatic heterocycles. The van der Waals surface area contributed by atoms with Crippen LogP contribution in [0.15, 0.2) is 54.9 Å².